The predicted octanol–water partition coefficient (Wildman–Crippen LogP) is 1.59. The van der Waals surface area contributed by atoms with Crippen LogP contribution in [0.15, 0.2) is 6.07 Å². The number of aliphatic hydroxyl groups excluding tert-OH is 1. The van der Waals surface area contributed by atoms with Gasteiger partial charge in [0.25, 0.3) is 0 Å². The van der Waals surface area contributed by atoms with Crippen LogP contribution in [0.1, 0.15) is 31.5 Å². The quantitative estimate of drug-likeness (QED) is 0.875. The molecule has 1 fully saturated rings. The lowest BCUT2D eigenvalue weighted by Gasteiger charge is -2.29. The molecule has 0 unspecified atom stereocenters. The normalized spacial score (nSPS) is 15.6. The molecule has 0 aliphatic carbocycles. The molecule has 1 aromatic rings. The Balaban J connectivity index is 2.13. The van der Waals surface area contributed by atoms with Gasteiger partial charge in [0.05, 0.1) is 0 Å². The van der Waals surface area contributed by atoms with Crippen LogP contribution >= 0.6 is 0 Å². The molecular formula is C14H24N4O. The zero-order valence-electron chi connectivity index (χ0n) is 12.0. The molecular weight excluding hydrogens is 240 g/mol. The molecule has 2 heterocycles. The molecule has 2 rings (SSSR count). The maximum Gasteiger partial charge on any atom is 0.134 e. The van der Waals surface area contributed by atoms with Crippen molar-refractivity contribution in [1.29, 1.82) is 0 Å². The third-order valence-electron chi connectivity index (χ3n) is 3.53. The van der Waals surface area contributed by atoms with E-state index >= 15 is 0 Å². The van der Waals surface area contributed by atoms with Gasteiger partial charge in [-0.3, -0.25) is 0 Å². The van der Waals surface area contributed by atoms with Crippen molar-refractivity contribution < 1.29 is 5.11 Å². The summed E-state index contributed by atoms with van der Waals surface area (Å²) < 4.78 is 0. The molecule has 19 heavy (non-hydrogen) atoms. The van der Waals surface area contributed by atoms with E-state index in [2.05, 4.69) is 25.8 Å². The van der Waals surface area contributed by atoms with Gasteiger partial charge in [0.1, 0.15) is 17.5 Å². The smallest absolute Gasteiger partial charge is 0.134 e. The molecule has 1 aliphatic rings. The van der Waals surface area contributed by atoms with E-state index in [-0.39, 0.29) is 6.61 Å². The van der Waals surface area contributed by atoms with Gasteiger partial charge < -0.3 is 14.9 Å². The van der Waals surface area contributed by atoms with Crippen LogP contribution in [0, 0.1) is 6.92 Å². The molecule has 106 valence electrons. The van der Waals surface area contributed by atoms with Crippen molar-refractivity contribution in [2.45, 2.75) is 32.6 Å². The number of aliphatic hydroxyl groups is 1. The number of nitrogens with zero attached hydrogens (tertiary/aromatic N) is 4. The van der Waals surface area contributed by atoms with E-state index in [9.17, 15) is 0 Å². The van der Waals surface area contributed by atoms with E-state index in [4.69, 9.17) is 5.11 Å². The summed E-state index contributed by atoms with van der Waals surface area (Å²) in [5, 5.41) is 8.91. The Morgan fingerprint density at radius 1 is 1.26 bits per heavy atom. The summed E-state index contributed by atoms with van der Waals surface area (Å²) in [5.41, 5.74) is 0. The molecule has 1 aromatic heterocycles. The molecule has 0 aromatic carbocycles. The minimum Gasteiger partial charge on any atom is -0.396 e. The van der Waals surface area contributed by atoms with Crippen LogP contribution in [0.4, 0.5) is 11.6 Å². The van der Waals surface area contributed by atoms with Crippen LogP contribution in [0.5, 0.6) is 0 Å². The highest BCUT2D eigenvalue weighted by molar-refractivity contribution is 5.50. The maximum absolute atomic E-state index is 8.91. The van der Waals surface area contributed by atoms with Gasteiger partial charge in [0.15, 0.2) is 0 Å². The van der Waals surface area contributed by atoms with E-state index in [1.807, 2.05) is 14.0 Å². The predicted molar refractivity (Wildman–Crippen MR) is 77.8 cm³/mol. The Morgan fingerprint density at radius 2 is 2.00 bits per heavy atom. The van der Waals surface area contributed by atoms with E-state index in [1.54, 1.807) is 0 Å². The van der Waals surface area contributed by atoms with Crippen molar-refractivity contribution in [2.24, 2.45) is 0 Å². The number of hydrogen-bond acceptors (Lipinski definition) is 5. The fraction of sp³-hybridized carbons (Fsp3) is 0.714. The van der Waals surface area contributed by atoms with Gasteiger partial charge in [0.2, 0.25) is 0 Å². The first-order valence-corrected chi connectivity index (χ1v) is 7.13. The van der Waals surface area contributed by atoms with Crippen molar-refractivity contribution in [2.75, 3.05) is 43.1 Å². The average molecular weight is 264 g/mol. The summed E-state index contributed by atoms with van der Waals surface area (Å²) >= 11 is 0. The topological polar surface area (TPSA) is 52.5 Å². The van der Waals surface area contributed by atoms with Gasteiger partial charge in [0, 0.05) is 39.4 Å². The molecule has 5 nitrogen and oxygen atoms in total. The highest BCUT2D eigenvalue weighted by Crippen LogP contribution is 2.21. The highest BCUT2D eigenvalue weighted by atomic mass is 16.3. The fourth-order valence-electron chi connectivity index (χ4n) is 2.44. The van der Waals surface area contributed by atoms with E-state index < -0.39 is 0 Å². The Morgan fingerprint density at radius 3 is 2.68 bits per heavy atom. The van der Waals surface area contributed by atoms with Crippen LogP contribution in [0.2, 0.25) is 0 Å². The van der Waals surface area contributed by atoms with Gasteiger partial charge in [-0.1, -0.05) is 0 Å². The number of rotatable bonds is 5. The van der Waals surface area contributed by atoms with Crippen LogP contribution < -0.4 is 9.80 Å². The third kappa shape index (κ3) is 3.80. The average Bonchev–Trinajstić information content (AvgIpc) is 2.45. The number of anilines is 2. The maximum atomic E-state index is 8.91. The Hall–Kier alpha value is -1.36. The van der Waals surface area contributed by atoms with Gasteiger partial charge in [-0.2, -0.15) is 0 Å². The van der Waals surface area contributed by atoms with Crippen molar-refractivity contribution in [3.63, 3.8) is 0 Å². The Labute approximate surface area is 115 Å². The lowest BCUT2D eigenvalue weighted by Crippen LogP contribution is -2.31. The van der Waals surface area contributed by atoms with Crippen molar-refractivity contribution in [3.8, 4) is 0 Å². The van der Waals surface area contributed by atoms with Crippen molar-refractivity contribution >= 4 is 11.6 Å². The second-order valence-electron chi connectivity index (χ2n) is 5.18. The first kappa shape index (κ1) is 14.1. The number of aryl methyl sites for hydroxylation is 1. The SMILES string of the molecule is Cc1nc(N(C)CCCO)cc(N2CCCCC2)n1. The molecule has 0 bridgehead atoms. The van der Waals surface area contributed by atoms with Crippen LogP contribution in [0.3, 0.4) is 0 Å². The number of piperidine rings is 1. The highest BCUT2D eigenvalue weighted by Gasteiger charge is 2.14. The monoisotopic (exact) mass is 264 g/mol. The standard InChI is InChI=1S/C14H24N4O/c1-12-15-13(17(2)7-6-10-19)11-14(16-12)18-8-4-3-5-9-18/h11,19H,3-10H2,1-2H3. The van der Waals surface area contributed by atoms with Gasteiger partial charge in [-0.05, 0) is 32.6 Å². The minimum atomic E-state index is 0.216. The minimum absolute atomic E-state index is 0.216. The second-order valence-corrected chi connectivity index (χ2v) is 5.18. The van der Waals surface area contributed by atoms with Gasteiger partial charge in [-0.25, -0.2) is 9.97 Å². The van der Waals surface area contributed by atoms with Crippen LogP contribution in [-0.4, -0.2) is 48.4 Å². The molecule has 1 saturated heterocycles. The number of hydrogen-bond donors (Lipinski definition) is 1. The summed E-state index contributed by atoms with van der Waals surface area (Å²) in [6.07, 6.45) is 4.58. The Kier molecular flexibility index (Phi) is 4.96. The zero-order valence-corrected chi connectivity index (χ0v) is 12.0. The van der Waals surface area contributed by atoms with E-state index in [0.717, 1.165) is 43.5 Å². The lowest BCUT2D eigenvalue weighted by atomic mass is 10.1. The summed E-state index contributed by atoms with van der Waals surface area (Å²) in [7, 11) is 2.01. The summed E-state index contributed by atoms with van der Waals surface area (Å²) in [4.78, 5) is 13.5. The molecule has 0 saturated carbocycles. The van der Waals surface area contributed by atoms with E-state index in [1.165, 1.54) is 19.3 Å². The third-order valence-corrected chi connectivity index (χ3v) is 3.53. The molecule has 0 atom stereocenters. The Bertz CT molecular complexity index is 404. The lowest BCUT2D eigenvalue weighted by molar-refractivity contribution is 0.290. The molecule has 0 radical (unpaired) electrons. The van der Waals surface area contributed by atoms with Crippen molar-refractivity contribution in [1.82, 2.24) is 9.97 Å². The van der Waals surface area contributed by atoms with Crippen LogP contribution in [-0.2, 0) is 0 Å². The van der Waals surface area contributed by atoms with E-state index in [0.29, 0.717) is 0 Å². The number of aromatic nitrogens is 2. The second kappa shape index (κ2) is 6.70. The molecule has 0 amide bonds. The molecule has 0 spiro atoms. The van der Waals surface area contributed by atoms with Gasteiger partial charge >= 0.3 is 0 Å². The fourth-order valence-corrected chi connectivity index (χ4v) is 2.44. The van der Waals surface area contributed by atoms with Crippen molar-refractivity contribution in [3.05, 3.63) is 11.9 Å². The summed E-state index contributed by atoms with van der Waals surface area (Å²) in [6, 6.07) is 2.07. The summed E-state index contributed by atoms with van der Waals surface area (Å²) in [6.45, 7) is 5.16. The molecule has 1 aliphatic heterocycles. The van der Waals surface area contributed by atoms with Gasteiger partial charge in [-0.15, -0.1) is 0 Å². The molecule has 5 heteroatoms. The van der Waals surface area contributed by atoms with Crippen LogP contribution in [0.25, 0.3) is 0 Å². The molecule has 1 N–H and O–H groups in total. The largest absolute Gasteiger partial charge is 0.396 e. The zero-order chi connectivity index (χ0) is 13.7. The summed E-state index contributed by atoms with van der Waals surface area (Å²) in [5.74, 6) is 2.80. The first-order chi connectivity index (χ1) is 9.20. The first-order valence-electron chi connectivity index (χ1n) is 7.13.